The molecule has 0 amide bonds. The molecule has 0 aliphatic carbocycles. The van der Waals surface area contributed by atoms with E-state index in [1.54, 1.807) is 24.3 Å². The van der Waals surface area contributed by atoms with Crippen molar-refractivity contribution in [2.24, 2.45) is 0 Å². The summed E-state index contributed by atoms with van der Waals surface area (Å²) in [5.41, 5.74) is 4.67. The molecule has 0 fully saturated rings. The molecule has 0 aliphatic rings. The minimum Gasteiger partial charge on any atom is -0.351 e. The highest BCUT2D eigenvalue weighted by Crippen LogP contribution is 2.02. The molecule has 0 heterocycles. The van der Waals surface area contributed by atoms with Gasteiger partial charge < -0.3 is 5.73 Å². The first-order valence-electron chi connectivity index (χ1n) is 3.60. The van der Waals surface area contributed by atoms with Crippen LogP contribution in [0.1, 0.15) is 15.9 Å². The van der Waals surface area contributed by atoms with Crippen molar-refractivity contribution >= 4 is 5.78 Å². The number of hydrogen-bond donors (Lipinski definition) is 1. The van der Waals surface area contributed by atoms with E-state index in [-0.39, 0.29) is 12.3 Å². The number of quaternary nitrogens is 1. The summed E-state index contributed by atoms with van der Waals surface area (Å²) in [6.45, 7) is 0.256. The van der Waals surface area contributed by atoms with Gasteiger partial charge in [0.05, 0.1) is 11.6 Å². The predicted octanol–water partition coefficient (Wildman–Crippen LogP) is -0.0171. The Morgan fingerprint density at radius 3 is 2.42 bits per heavy atom. The average Bonchev–Trinajstić information content (AvgIpc) is 2.17. The SMILES string of the molecule is N#Cc1ccc(C(=O)C[NH3+])cc1. The van der Waals surface area contributed by atoms with E-state index in [2.05, 4.69) is 5.73 Å². The van der Waals surface area contributed by atoms with Crippen LogP contribution in [0.4, 0.5) is 0 Å². The highest BCUT2D eigenvalue weighted by Gasteiger charge is 2.03. The van der Waals surface area contributed by atoms with Crippen LogP contribution in [0.15, 0.2) is 24.3 Å². The molecule has 3 N–H and O–H groups in total. The Labute approximate surface area is 70.4 Å². The zero-order valence-electron chi connectivity index (χ0n) is 6.58. The molecule has 0 unspecified atom stereocenters. The Morgan fingerprint density at radius 1 is 1.42 bits per heavy atom. The molecule has 60 valence electrons. The normalized spacial score (nSPS) is 9.00. The lowest BCUT2D eigenvalue weighted by Gasteiger charge is -1.94. The molecule has 0 bridgehead atoms. The number of nitrogens with zero attached hydrogens (tertiary/aromatic N) is 1. The average molecular weight is 161 g/mol. The summed E-state index contributed by atoms with van der Waals surface area (Å²) in [6.07, 6.45) is 0. The van der Waals surface area contributed by atoms with Crippen molar-refractivity contribution < 1.29 is 10.5 Å². The summed E-state index contributed by atoms with van der Waals surface area (Å²) in [5.74, 6) is -0.000472. The molecular weight excluding hydrogens is 152 g/mol. The van der Waals surface area contributed by atoms with Crippen molar-refractivity contribution in [2.75, 3.05) is 6.54 Å². The summed E-state index contributed by atoms with van der Waals surface area (Å²) < 4.78 is 0. The molecule has 0 aromatic heterocycles. The molecule has 0 radical (unpaired) electrons. The quantitative estimate of drug-likeness (QED) is 0.619. The van der Waals surface area contributed by atoms with Gasteiger partial charge in [0.25, 0.3) is 0 Å². The number of Topliss-reactive ketones (excluding diaryl/α,β-unsaturated/α-hetero) is 1. The van der Waals surface area contributed by atoms with Crippen LogP contribution >= 0.6 is 0 Å². The number of nitriles is 1. The van der Waals surface area contributed by atoms with Crippen molar-refractivity contribution in [3.63, 3.8) is 0 Å². The third-order valence-corrected chi connectivity index (χ3v) is 1.56. The zero-order valence-corrected chi connectivity index (χ0v) is 6.58. The molecule has 0 aliphatic heterocycles. The summed E-state index contributed by atoms with van der Waals surface area (Å²) in [7, 11) is 0. The van der Waals surface area contributed by atoms with Gasteiger partial charge in [-0.25, -0.2) is 0 Å². The minimum absolute atomic E-state index is 0.000472. The Hall–Kier alpha value is -1.66. The van der Waals surface area contributed by atoms with E-state index < -0.39 is 0 Å². The smallest absolute Gasteiger partial charge is 0.216 e. The van der Waals surface area contributed by atoms with Gasteiger partial charge in [0.15, 0.2) is 0 Å². The van der Waals surface area contributed by atoms with Gasteiger partial charge in [-0.1, -0.05) is 0 Å². The van der Waals surface area contributed by atoms with Crippen molar-refractivity contribution in [3.05, 3.63) is 35.4 Å². The van der Waals surface area contributed by atoms with Crippen LogP contribution in [-0.2, 0) is 0 Å². The highest BCUT2D eigenvalue weighted by molar-refractivity contribution is 5.96. The van der Waals surface area contributed by atoms with Crippen molar-refractivity contribution in [1.29, 1.82) is 5.26 Å². The van der Waals surface area contributed by atoms with E-state index in [1.807, 2.05) is 6.07 Å². The summed E-state index contributed by atoms with van der Waals surface area (Å²) >= 11 is 0. The third-order valence-electron chi connectivity index (χ3n) is 1.56. The van der Waals surface area contributed by atoms with E-state index in [1.165, 1.54) is 0 Å². The van der Waals surface area contributed by atoms with Crippen LogP contribution in [0, 0.1) is 11.3 Å². The molecule has 12 heavy (non-hydrogen) atoms. The van der Waals surface area contributed by atoms with Crippen LogP contribution in [-0.4, -0.2) is 12.3 Å². The second-order valence-electron chi connectivity index (χ2n) is 2.36. The van der Waals surface area contributed by atoms with Gasteiger partial charge in [-0.3, -0.25) is 4.79 Å². The lowest BCUT2D eigenvalue weighted by Crippen LogP contribution is -2.54. The molecule has 0 saturated carbocycles. The number of ketones is 1. The summed E-state index contributed by atoms with van der Waals surface area (Å²) in [5, 5.41) is 8.48. The highest BCUT2D eigenvalue weighted by atomic mass is 16.1. The molecule has 0 spiro atoms. The van der Waals surface area contributed by atoms with Crippen LogP contribution in [0.3, 0.4) is 0 Å². The largest absolute Gasteiger partial charge is 0.351 e. The standard InChI is InChI=1S/C9H8N2O/c10-5-7-1-3-8(4-2-7)9(12)6-11/h1-4H,6,11H2/p+1. The van der Waals surface area contributed by atoms with Gasteiger partial charge in [-0.2, -0.15) is 5.26 Å². The van der Waals surface area contributed by atoms with E-state index in [4.69, 9.17) is 5.26 Å². The molecule has 0 atom stereocenters. The fraction of sp³-hybridized carbons (Fsp3) is 0.111. The lowest BCUT2D eigenvalue weighted by molar-refractivity contribution is -0.349. The fourth-order valence-corrected chi connectivity index (χ4v) is 0.875. The van der Waals surface area contributed by atoms with Gasteiger partial charge in [0, 0.05) is 5.56 Å². The number of rotatable bonds is 2. The van der Waals surface area contributed by atoms with Gasteiger partial charge in [0.1, 0.15) is 6.54 Å². The zero-order chi connectivity index (χ0) is 8.97. The van der Waals surface area contributed by atoms with Gasteiger partial charge in [-0.15, -0.1) is 0 Å². The van der Waals surface area contributed by atoms with Crippen LogP contribution in [0.5, 0.6) is 0 Å². The number of carbonyl (C=O) groups is 1. The molecule has 1 aromatic carbocycles. The van der Waals surface area contributed by atoms with Crippen LogP contribution in [0.2, 0.25) is 0 Å². The maximum absolute atomic E-state index is 11.1. The van der Waals surface area contributed by atoms with Gasteiger partial charge in [0.2, 0.25) is 5.78 Å². The Morgan fingerprint density at radius 2 is 2.00 bits per heavy atom. The molecule has 1 rings (SSSR count). The maximum atomic E-state index is 11.1. The Balaban J connectivity index is 2.94. The first kappa shape index (κ1) is 8.44. The molecule has 3 heteroatoms. The van der Waals surface area contributed by atoms with E-state index in [0.29, 0.717) is 11.1 Å². The number of carbonyl (C=O) groups excluding carboxylic acids is 1. The fourth-order valence-electron chi connectivity index (χ4n) is 0.875. The van der Waals surface area contributed by atoms with Gasteiger partial charge in [-0.05, 0) is 24.3 Å². The lowest BCUT2D eigenvalue weighted by atomic mass is 10.1. The topological polar surface area (TPSA) is 68.5 Å². The Kier molecular flexibility index (Phi) is 2.57. The first-order valence-corrected chi connectivity index (χ1v) is 3.60. The second kappa shape index (κ2) is 3.65. The molecule has 3 nitrogen and oxygen atoms in total. The van der Waals surface area contributed by atoms with Crippen molar-refractivity contribution in [2.45, 2.75) is 0 Å². The van der Waals surface area contributed by atoms with Crippen molar-refractivity contribution in [3.8, 4) is 6.07 Å². The van der Waals surface area contributed by atoms with Crippen LogP contribution in [0.25, 0.3) is 0 Å². The van der Waals surface area contributed by atoms with Crippen LogP contribution < -0.4 is 5.73 Å². The van der Waals surface area contributed by atoms with Gasteiger partial charge >= 0.3 is 0 Å². The number of hydrogen-bond acceptors (Lipinski definition) is 2. The third kappa shape index (κ3) is 1.68. The molecule has 0 saturated heterocycles. The van der Waals surface area contributed by atoms with E-state index >= 15 is 0 Å². The summed E-state index contributed by atoms with van der Waals surface area (Å²) in [6, 6.07) is 8.53. The first-order chi connectivity index (χ1) is 5.77. The monoisotopic (exact) mass is 161 g/mol. The van der Waals surface area contributed by atoms with E-state index in [9.17, 15) is 4.79 Å². The van der Waals surface area contributed by atoms with Crippen molar-refractivity contribution in [1.82, 2.24) is 0 Å². The molecule has 1 aromatic rings. The summed E-state index contributed by atoms with van der Waals surface area (Å²) in [4.78, 5) is 11.1. The maximum Gasteiger partial charge on any atom is 0.216 e. The second-order valence-corrected chi connectivity index (χ2v) is 2.36. The predicted molar refractivity (Wildman–Crippen MR) is 43.2 cm³/mol. The minimum atomic E-state index is -0.000472. The molecular formula is C9H9N2O+. The van der Waals surface area contributed by atoms with E-state index in [0.717, 1.165) is 0 Å². The Bertz CT molecular complexity index is 321. The number of benzene rings is 1.